The zero-order valence-corrected chi connectivity index (χ0v) is 15.4. The van der Waals surface area contributed by atoms with E-state index >= 15 is 0 Å². The Morgan fingerprint density at radius 3 is 2.61 bits per heavy atom. The number of methoxy groups -OCH3 is 1. The number of hydrogen-bond acceptors (Lipinski definition) is 6. The van der Waals surface area contributed by atoms with Crippen molar-refractivity contribution in [2.75, 3.05) is 13.7 Å². The van der Waals surface area contributed by atoms with Crippen LogP contribution in [0.25, 0.3) is 22.3 Å². The van der Waals surface area contributed by atoms with Crippen LogP contribution in [-0.4, -0.2) is 23.9 Å². The minimum Gasteiger partial charge on any atom is -0.507 e. The molecule has 0 atom stereocenters. The molecule has 1 aromatic heterocycles. The predicted octanol–water partition coefficient (Wildman–Crippen LogP) is 4.17. The second-order valence-corrected chi connectivity index (χ2v) is 6.03. The van der Waals surface area contributed by atoms with Crippen molar-refractivity contribution in [1.29, 1.82) is 0 Å². The summed E-state index contributed by atoms with van der Waals surface area (Å²) in [7, 11) is 1.45. The highest BCUT2D eigenvalue weighted by atomic mass is 16.5. The molecule has 0 aliphatic carbocycles. The van der Waals surface area contributed by atoms with Gasteiger partial charge >= 0.3 is 0 Å². The van der Waals surface area contributed by atoms with Crippen molar-refractivity contribution in [2.24, 2.45) is 0 Å². The van der Waals surface area contributed by atoms with Gasteiger partial charge in [-0.3, -0.25) is 4.79 Å². The summed E-state index contributed by atoms with van der Waals surface area (Å²) in [5.74, 6) is 0.609. The van der Waals surface area contributed by atoms with Crippen molar-refractivity contribution in [3.05, 3.63) is 71.4 Å². The average Bonchev–Trinajstić information content (AvgIpc) is 2.67. The lowest BCUT2D eigenvalue weighted by atomic mass is 9.99. The second kappa shape index (κ2) is 7.92. The van der Waals surface area contributed by atoms with Crippen LogP contribution in [0.2, 0.25) is 0 Å². The molecule has 6 nitrogen and oxygen atoms in total. The molecule has 6 heteroatoms. The van der Waals surface area contributed by atoms with E-state index in [0.29, 0.717) is 29.0 Å². The van der Waals surface area contributed by atoms with Gasteiger partial charge in [-0.1, -0.05) is 18.7 Å². The van der Waals surface area contributed by atoms with Gasteiger partial charge in [-0.15, -0.1) is 6.58 Å². The van der Waals surface area contributed by atoms with Crippen LogP contribution in [0, 0.1) is 0 Å². The fraction of sp³-hybridized carbons (Fsp3) is 0.136. The number of phenolic OH excluding ortho intramolecular Hbond substituents is 2. The molecule has 3 rings (SSSR count). The number of phenols is 2. The van der Waals surface area contributed by atoms with E-state index in [-0.39, 0.29) is 34.8 Å². The molecule has 2 N–H and O–H groups in total. The van der Waals surface area contributed by atoms with Gasteiger partial charge in [0.2, 0.25) is 0 Å². The van der Waals surface area contributed by atoms with Crippen molar-refractivity contribution in [1.82, 2.24) is 0 Å². The van der Waals surface area contributed by atoms with Gasteiger partial charge in [0, 0.05) is 29.3 Å². The second-order valence-electron chi connectivity index (χ2n) is 6.03. The fourth-order valence-corrected chi connectivity index (χ4v) is 2.98. The highest BCUT2D eigenvalue weighted by Gasteiger charge is 2.18. The minimum atomic E-state index is -0.413. The molecule has 0 saturated carbocycles. The third-order valence-electron chi connectivity index (χ3n) is 4.23. The summed E-state index contributed by atoms with van der Waals surface area (Å²) >= 11 is 0. The van der Waals surface area contributed by atoms with Crippen molar-refractivity contribution >= 4 is 11.0 Å². The van der Waals surface area contributed by atoms with Gasteiger partial charge in [0.05, 0.1) is 7.11 Å². The smallest absolute Gasteiger partial charge is 0.197 e. The number of fused-ring (bicyclic) bond motifs is 1. The summed E-state index contributed by atoms with van der Waals surface area (Å²) in [4.78, 5) is 12.6. The topological polar surface area (TPSA) is 89.1 Å². The molecule has 0 unspecified atom stereocenters. The third-order valence-corrected chi connectivity index (χ3v) is 4.23. The minimum absolute atomic E-state index is 0.0476. The van der Waals surface area contributed by atoms with E-state index in [9.17, 15) is 15.0 Å². The quantitative estimate of drug-likeness (QED) is 0.598. The van der Waals surface area contributed by atoms with Crippen LogP contribution in [0.3, 0.4) is 0 Å². The number of rotatable bonds is 7. The Morgan fingerprint density at radius 1 is 1.14 bits per heavy atom. The van der Waals surface area contributed by atoms with Crippen LogP contribution in [0.5, 0.6) is 23.0 Å². The van der Waals surface area contributed by atoms with Crippen LogP contribution in [0.4, 0.5) is 0 Å². The summed E-state index contributed by atoms with van der Waals surface area (Å²) in [6.45, 7) is 7.52. The highest BCUT2D eigenvalue weighted by Crippen LogP contribution is 2.39. The van der Waals surface area contributed by atoms with Gasteiger partial charge in [-0.25, -0.2) is 0 Å². The van der Waals surface area contributed by atoms with Gasteiger partial charge in [0.1, 0.15) is 34.8 Å². The predicted molar refractivity (Wildman–Crippen MR) is 107 cm³/mol. The maximum atomic E-state index is 12.6. The van der Waals surface area contributed by atoms with E-state index in [0.717, 1.165) is 0 Å². The number of benzene rings is 2. The van der Waals surface area contributed by atoms with Gasteiger partial charge < -0.3 is 24.1 Å². The number of ether oxygens (including phenoxy) is 2. The lowest BCUT2D eigenvalue weighted by molar-refractivity contribution is 0.360. The molecule has 0 aliphatic rings. The molecule has 0 saturated heterocycles. The summed E-state index contributed by atoms with van der Waals surface area (Å²) < 4.78 is 16.5. The van der Waals surface area contributed by atoms with Crippen molar-refractivity contribution in [3.63, 3.8) is 0 Å². The molecule has 3 aromatic rings. The zero-order valence-electron chi connectivity index (χ0n) is 15.4. The van der Waals surface area contributed by atoms with Crippen LogP contribution in [-0.2, 0) is 6.42 Å². The first-order valence-corrected chi connectivity index (χ1v) is 8.54. The van der Waals surface area contributed by atoms with E-state index in [2.05, 4.69) is 13.2 Å². The van der Waals surface area contributed by atoms with Crippen LogP contribution < -0.4 is 14.9 Å². The molecule has 2 aromatic carbocycles. The summed E-state index contributed by atoms with van der Waals surface area (Å²) in [6, 6.07) is 7.44. The lowest BCUT2D eigenvalue weighted by Crippen LogP contribution is -2.03. The van der Waals surface area contributed by atoms with Gasteiger partial charge in [0.15, 0.2) is 16.9 Å². The highest BCUT2D eigenvalue weighted by molar-refractivity contribution is 5.86. The Kier molecular flexibility index (Phi) is 5.40. The molecule has 1 heterocycles. The van der Waals surface area contributed by atoms with E-state index in [1.807, 2.05) is 0 Å². The lowest BCUT2D eigenvalue weighted by Gasteiger charge is -2.13. The number of aromatic hydroxyl groups is 2. The van der Waals surface area contributed by atoms with Crippen LogP contribution >= 0.6 is 0 Å². The molecule has 0 fully saturated rings. The molecule has 0 bridgehead atoms. The van der Waals surface area contributed by atoms with Gasteiger partial charge in [-0.2, -0.15) is 0 Å². The molecule has 0 aliphatic heterocycles. The largest absolute Gasteiger partial charge is 0.507 e. The first kappa shape index (κ1) is 19.1. The van der Waals surface area contributed by atoms with Crippen LogP contribution in [0.15, 0.2) is 64.9 Å². The third kappa shape index (κ3) is 3.44. The molecule has 144 valence electrons. The molecular formula is C22H20O6. The summed E-state index contributed by atoms with van der Waals surface area (Å²) in [5.41, 5.74) is 0.791. The standard InChI is InChI=1S/C22H20O6/c1-4-6-15-14(7-8-18(26-3)22(15)25)19-12-17(24)21-16(23)10-13(27-9-5-2)11-20(21)28-19/h4-5,7-8,10-12,23,25H,1-2,6,9H2,3H3. The Hall–Kier alpha value is -3.67. The van der Waals surface area contributed by atoms with E-state index in [1.165, 1.54) is 25.3 Å². The van der Waals surface area contributed by atoms with Crippen molar-refractivity contribution in [2.45, 2.75) is 6.42 Å². The Morgan fingerprint density at radius 2 is 1.93 bits per heavy atom. The Bertz CT molecular complexity index is 1110. The molecule has 0 radical (unpaired) electrons. The Balaban J connectivity index is 2.24. The molecule has 28 heavy (non-hydrogen) atoms. The Labute approximate surface area is 161 Å². The fourth-order valence-electron chi connectivity index (χ4n) is 2.98. The first-order chi connectivity index (χ1) is 13.5. The maximum absolute atomic E-state index is 12.6. The monoisotopic (exact) mass is 380 g/mol. The number of hydrogen-bond donors (Lipinski definition) is 2. The molecular weight excluding hydrogens is 360 g/mol. The van der Waals surface area contributed by atoms with Crippen molar-refractivity contribution < 1.29 is 24.1 Å². The normalized spacial score (nSPS) is 10.6. The maximum Gasteiger partial charge on any atom is 0.197 e. The van der Waals surface area contributed by atoms with E-state index in [4.69, 9.17) is 13.9 Å². The van der Waals surface area contributed by atoms with Gasteiger partial charge in [0.25, 0.3) is 0 Å². The average molecular weight is 380 g/mol. The summed E-state index contributed by atoms with van der Waals surface area (Å²) in [6.07, 6.45) is 3.54. The molecule has 0 spiro atoms. The van der Waals surface area contributed by atoms with Gasteiger partial charge in [-0.05, 0) is 18.6 Å². The first-order valence-electron chi connectivity index (χ1n) is 8.54. The number of allylic oxidation sites excluding steroid dienone is 1. The summed E-state index contributed by atoms with van der Waals surface area (Å²) in [5, 5.41) is 20.7. The van der Waals surface area contributed by atoms with E-state index in [1.54, 1.807) is 24.3 Å². The van der Waals surface area contributed by atoms with E-state index < -0.39 is 5.43 Å². The van der Waals surface area contributed by atoms with Crippen molar-refractivity contribution in [3.8, 4) is 34.3 Å². The SMILES string of the molecule is C=CCOc1cc(O)c2c(=O)cc(-c3ccc(OC)c(O)c3CC=C)oc2c1. The van der Waals surface area contributed by atoms with Crippen LogP contribution in [0.1, 0.15) is 5.56 Å². The zero-order chi connectivity index (χ0) is 20.3. The molecule has 0 amide bonds.